The number of aliphatic hydroxyl groups excluding tert-OH is 2. The molecule has 3 unspecified atom stereocenters. The molecule has 0 aromatic heterocycles. The molecular weight excluding hydrogens is 388 g/mol. The van der Waals surface area contributed by atoms with Crippen LogP contribution in [0.5, 0.6) is 0 Å². The predicted octanol–water partition coefficient (Wildman–Crippen LogP) is 4.73. The smallest absolute Gasteiger partial charge is 0.167 e. The van der Waals surface area contributed by atoms with Gasteiger partial charge in [0.1, 0.15) is 6.10 Å². The SMILES string of the molecule is CC(C)CCC[C@@H](C)[C@H]1CC[C@H]2[C@@H]3C(=O)C(O)C4CC(O)CC[C@]4(C)[C@@]3(O)CC[C@]12C. The van der Waals surface area contributed by atoms with Gasteiger partial charge in [-0.25, -0.2) is 0 Å². The largest absolute Gasteiger partial charge is 0.393 e. The van der Waals surface area contributed by atoms with Crippen molar-refractivity contribution in [2.45, 2.75) is 117 Å². The van der Waals surface area contributed by atoms with E-state index >= 15 is 0 Å². The van der Waals surface area contributed by atoms with Crippen LogP contribution in [-0.4, -0.2) is 38.9 Å². The van der Waals surface area contributed by atoms with E-state index in [9.17, 15) is 20.1 Å². The third-order valence-corrected chi connectivity index (χ3v) is 10.9. The molecule has 4 aliphatic carbocycles. The average molecular weight is 435 g/mol. The second-order valence-electron chi connectivity index (χ2n) is 12.8. The molecule has 4 aliphatic rings. The molecule has 4 saturated carbocycles. The number of aliphatic hydroxyl groups is 3. The second kappa shape index (κ2) is 8.09. The zero-order valence-corrected chi connectivity index (χ0v) is 20.4. The van der Waals surface area contributed by atoms with Gasteiger partial charge in [0, 0.05) is 11.3 Å². The van der Waals surface area contributed by atoms with E-state index in [1.54, 1.807) is 0 Å². The summed E-state index contributed by atoms with van der Waals surface area (Å²) in [6, 6.07) is 0. The Labute approximate surface area is 189 Å². The van der Waals surface area contributed by atoms with Gasteiger partial charge in [-0.15, -0.1) is 0 Å². The topological polar surface area (TPSA) is 77.8 Å². The van der Waals surface area contributed by atoms with Crippen LogP contribution in [0.15, 0.2) is 0 Å². The molecule has 0 amide bonds. The number of ketones is 1. The molecule has 0 bridgehead atoms. The number of fused-ring (bicyclic) bond motifs is 5. The van der Waals surface area contributed by atoms with Crippen LogP contribution in [0, 0.1) is 46.3 Å². The summed E-state index contributed by atoms with van der Waals surface area (Å²) >= 11 is 0. The van der Waals surface area contributed by atoms with Crippen LogP contribution in [0.2, 0.25) is 0 Å². The highest BCUT2D eigenvalue weighted by Gasteiger charge is 2.71. The molecule has 31 heavy (non-hydrogen) atoms. The first-order valence-electron chi connectivity index (χ1n) is 13.1. The minimum absolute atomic E-state index is 0.0703. The Morgan fingerprint density at radius 1 is 0.968 bits per heavy atom. The summed E-state index contributed by atoms with van der Waals surface area (Å²) in [5.41, 5.74) is -1.47. The van der Waals surface area contributed by atoms with Gasteiger partial charge in [0.15, 0.2) is 5.78 Å². The number of rotatable bonds is 5. The summed E-state index contributed by atoms with van der Waals surface area (Å²) in [6.45, 7) is 11.5. The maximum Gasteiger partial charge on any atom is 0.167 e. The fourth-order valence-corrected chi connectivity index (χ4v) is 8.94. The quantitative estimate of drug-likeness (QED) is 0.584. The Morgan fingerprint density at radius 3 is 2.35 bits per heavy atom. The average Bonchev–Trinajstić information content (AvgIpc) is 3.05. The van der Waals surface area contributed by atoms with E-state index in [1.807, 2.05) is 0 Å². The Morgan fingerprint density at radius 2 is 1.68 bits per heavy atom. The van der Waals surface area contributed by atoms with Crippen molar-refractivity contribution >= 4 is 5.78 Å². The normalized spacial score (nSPS) is 50.7. The van der Waals surface area contributed by atoms with Crippen LogP contribution < -0.4 is 0 Å². The number of Topliss-reactive ketones (excluding diaryl/α,β-unsaturated/α-hetero) is 1. The molecule has 0 saturated heterocycles. The van der Waals surface area contributed by atoms with Crippen LogP contribution in [0.25, 0.3) is 0 Å². The standard InChI is InChI=1S/C27H46O4/c1-16(2)7-6-8-17(3)19-9-10-20-22-24(30)23(29)21-15-18(28)11-12-26(21,5)27(22,31)14-13-25(19,20)4/h16-23,28-29,31H,6-15H2,1-5H3/t17-,18?,19-,20+,21?,22-,23?,25-,26+,27-/m1/s1. The lowest BCUT2D eigenvalue weighted by molar-refractivity contribution is -0.250. The molecule has 0 aromatic rings. The summed E-state index contributed by atoms with van der Waals surface area (Å²) in [5.74, 6) is 1.22. The molecule has 0 aromatic carbocycles. The summed E-state index contributed by atoms with van der Waals surface area (Å²) in [7, 11) is 0. The van der Waals surface area contributed by atoms with Crippen molar-refractivity contribution in [3.8, 4) is 0 Å². The second-order valence-corrected chi connectivity index (χ2v) is 12.8. The molecule has 4 heteroatoms. The van der Waals surface area contributed by atoms with E-state index in [0.717, 1.165) is 25.2 Å². The van der Waals surface area contributed by atoms with Gasteiger partial charge < -0.3 is 15.3 Å². The van der Waals surface area contributed by atoms with Crippen LogP contribution in [-0.2, 0) is 4.79 Å². The van der Waals surface area contributed by atoms with Gasteiger partial charge in [0.05, 0.1) is 17.6 Å². The summed E-state index contributed by atoms with van der Waals surface area (Å²) in [5, 5.41) is 33.5. The van der Waals surface area contributed by atoms with Crippen LogP contribution in [0.1, 0.15) is 98.8 Å². The fourth-order valence-electron chi connectivity index (χ4n) is 8.94. The van der Waals surface area contributed by atoms with E-state index in [1.165, 1.54) is 19.3 Å². The van der Waals surface area contributed by atoms with Crippen molar-refractivity contribution in [3.05, 3.63) is 0 Å². The Kier molecular flexibility index (Phi) is 6.19. The molecule has 4 rings (SSSR count). The van der Waals surface area contributed by atoms with E-state index in [4.69, 9.17) is 0 Å². The lowest BCUT2D eigenvalue weighted by Crippen LogP contribution is -2.72. The maximum absolute atomic E-state index is 13.6. The van der Waals surface area contributed by atoms with Crippen molar-refractivity contribution in [2.75, 3.05) is 0 Å². The zero-order chi connectivity index (χ0) is 22.8. The Bertz CT molecular complexity index is 691. The van der Waals surface area contributed by atoms with Crippen LogP contribution in [0.3, 0.4) is 0 Å². The molecule has 0 radical (unpaired) electrons. The van der Waals surface area contributed by atoms with Crippen molar-refractivity contribution < 1.29 is 20.1 Å². The van der Waals surface area contributed by atoms with Crippen LogP contribution >= 0.6 is 0 Å². The minimum atomic E-state index is -1.05. The molecule has 0 heterocycles. The lowest BCUT2D eigenvalue weighted by atomic mass is 9.41. The van der Waals surface area contributed by atoms with Gasteiger partial charge in [-0.2, -0.15) is 0 Å². The van der Waals surface area contributed by atoms with E-state index in [2.05, 4.69) is 34.6 Å². The highest BCUT2D eigenvalue weighted by atomic mass is 16.3. The third-order valence-electron chi connectivity index (χ3n) is 10.9. The van der Waals surface area contributed by atoms with Gasteiger partial charge in [-0.3, -0.25) is 4.79 Å². The van der Waals surface area contributed by atoms with Crippen molar-refractivity contribution in [1.82, 2.24) is 0 Å². The molecule has 10 atom stereocenters. The van der Waals surface area contributed by atoms with Gasteiger partial charge in [-0.05, 0) is 74.0 Å². The van der Waals surface area contributed by atoms with Gasteiger partial charge >= 0.3 is 0 Å². The monoisotopic (exact) mass is 434 g/mol. The number of carbonyl (C=O) groups excluding carboxylic acids is 1. The summed E-state index contributed by atoms with van der Waals surface area (Å²) in [6.07, 6.45) is 7.79. The highest BCUT2D eigenvalue weighted by molar-refractivity contribution is 5.88. The van der Waals surface area contributed by atoms with E-state index in [-0.39, 0.29) is 23.0 Å². The van der Waals surface area contributed by atoms with Gasteiger partial charge in [0.25, 0.3) is 0 Å². The zero-order valence-electron chi connectivity index (χ0n) is 20.4. The Balaban J connectivity index is 1.60. The molecular formula is C27H46O4. The summed E-state index contributed by atoms with van der Waals surface area (Å²) in [4.78, 5) is 13.6. The molecule has 4 nitrogen and oxygen atoms in total. The number of hydrogen-bond donors (Lipinski definition) is 3. The number of carbonyl (C=O) groups is 1. The molecule has 3 N–H and O–H groups in total. The first-order chi connectivity index (χ1) is 14.5. The molecule has 0 spiro atoms. The van der Waals surface area contributed by atoms with Crippen molar-refractivity contribution in [2.24, 2.45) is 46.3 Å². The maximum atomic E-state index is 13.6. The van der Waals surface area contributed by atoms with Gasteiger partial charge in [0.2, 0.25) is 0 Å². The minimum Gasteiger partial charge on any atom is -0.393 e. The third kappa shape index (κ3) is 3.46. The Hall–Kier alpha value is -0.450. The van der Waals surface area contributed by atoms with Crippen molar-refractivity contribution in [3.63, 3.8) is 0 Å². The first kappa shape index (κ1) is 23.7. The van der Waals surface area contributed by atoms with E-state index < -0.39 is 29.1 Å². The summed E-state index contributed by atoms with van der Waals surface area (Å²) < 4.78 is 0. The van der Waals surface area contributed by atoms with Gasteiger partial charge in [-0.1, -0.05) is 53.9 Å². The first-order valence-corrected chi connectivity index (χ1v) is 13.1. The highest BCUT2D eigenvalue weighted by Crippen LogP contribution is 2.69. The molecule has 4 fully saturated rings. The molecule has 178 valence electrons. The fraction of sp³-hybridized carbons (Fsp3) is 0.963. The van der Waals surface area contributed by atoms with E-state index in [0.29, 0.717) is 37.5 Å². The predicted molar refractivity (Wildman–Crippen MR) is 122 cm³/mol. The van der Waals surface area contributed by atoms with Crippen LogP contribution in [0.4, 0.5) is 0 Å². The number of hydrogen-bond acceptors (Lipinski definition) is 4. The molecule has 0 aliphatic heterocycles. The lowest BCUT2D eigenvalue weighted by Gasteiger charge is -2.65. The van der Waals surface area contributed by atoms with Crippen molar-refractivity contribution in [1.29, 1.82) is 0 Å².